The van der Waals surface area contributed by atoms with Crippen LogP contribution in [0.4, 0.5) is 4.39 Å². The van der Waals surface area contributed by atoms with E-state index in [0.717, 1.165) is 0 Å². The van der Waals surface area contributed by atoms with Gasteiger partial charge in [-0.3, -0.25) is 9.59 Å². The van der Waals surface area contributed by atoms with Crippen LogP contribution in [-0.2, 0) is 9.53 Å². The number of ether oxygens (including phenoxy) is 1. The van der Waals surface area contributed by atoms with Gasteiger partial charge < -0.3 is 9.64 Å². The average molecular weight is 267 g/mol. The molecule has 0 aliphatic carbocycles. The van der Waals surface area contributed by atoms with Gasteiger partial charge >= 0.3 is 5.97 Å². The maximum absolute atomic E-state index is 13.8. The van der Waals surface area contributed by atoms with Crippen molar-refractivity contribution in [3.05, 3.63) is 35.1 Å². The molecule has 104 valence electrons. The Balaban J connectivity index is 2.83. The molecule has 0 heterocycles. The maximum Gasteiger partial charge on any atom is 0.310 e. The zero-order valence-electron chi connectivity index (χ0n) is 11.6. The lowest BCUT2D eigenvalue weighted by Gasteiger charge is -2.20. The summed E-state index contributed by atoms with van der Waals surface area (Å²) in [6, 6.07) is 4.66. The number of carbonyl (C=O) groups is 2. The first-order valence-electron chi connectivity index (χ1n) is 5.96. The predicted octanol–water partition coefficient (Wildman–Crippen LogP) is 2.02. The fourth-order valence-electron chi connectivity index (χ4n) is 1.79. The molecule has 0 bridgehead atoms. The van der Waals surface area contributed by atoms with Gasteiger partial charge in [-0.25, -0.2) is 4.39 Å². The molecule has 19 heavy (non-hydrogen) atoms. The van der Waals surface area contributed by atoms with Crippen LogP contribution >= 0.6 is 0 Å². The third-order valence-electron chi connectivity index (χ3n) is 2.92. The number of nitrogens with zero attached hydrogens (tertiary/aromatic N) is 1. The first-order valence-corrected chi connectivity index (χ1v) is 5.96. The number of methoxy groups -OCH3 is 1. The summed E-state index contributed by atoms with van der Waals surface area (Å²) >= 11 is 0. The molecule has 0 saturated heterocycles. The van der Waals surface area contributed by atoms with Crippen molar-refractivity contribution in [1.29, 1.82) is 0 Å². The molecular weight excluding hydrogens is 249 g/mol. The highest BCUT2D eigenvalue weighted by Gasteiger charge is 2.21. The van der Waals surface area contributed by atoms with Crippen LogP contribution in [-0.4, -0.2) is 37.5 Å². The van der Waals surface area contributed by atoms with E-state index in [1.807, 2.05) is 0 Å². The van der Waals surface area contributed by atoms with Crippen molar-refractivity contribution in [2.24, 2.45) is 5.92 Å². The van der Waals surface area contributed by atoms with Crippen LogP contribution in [0, 0.1) is 18.7 Å². The third-order valence-corrected chi connectivity index (χ3v) is 2.92. The minimum atomic E-state index is -0.523. The van der Waals surface area contributed by atoms with Crippen molar-refractivity contribution in [3.8, 4) is 0 Å². The zero-order valence-corrected chi connectivity index (χ0v) is 11.6. The van der Waals surface area contributed by atoms with Gasteiger partial charge in [0, 0.05) is 13.6 Å². The largest absolute Gasteiger partial charge is 0.469 e. The van der Waals surface area contributed by atoms with E-state index in [-0.39, 0.29) is 12.1 Å². The number of halogens is 1. The highest BCUT2D eigenvalue weighted by atomic mass is 19.1. The molecule has 0 fully saturated rings. The molecule has 1 atom stereocenters. The normalized spacial score (nSPS) is 11.8. The van der Waals surface area contributed by atoms with Crippen LogP contribution in [0.15, 0.2) is 18.2 Å². The molecule has 1 aromatic carbocycles. The number of carbonyl (C=O) groups excluding carboxylic acids is 2. The Hall–Kier alpha value is -1.91. The Bertz CT molecular complexity index is 488. The summed E-state index contributed by atoms with van der Waals surface area (Å²) in [7, 11) is 2.82. The zero-order chi connectivity index (χ0) is 14.6. The van der Waals surface area contributed by atoms with E-state index in [4.69, 9.17) is 0 Å². The Labute approximate surface area is 112 Å². The molecule has 1 unspecified atom stereocenters. The van der Waals surface area contributed by atoms with Crippen molar-refractivity contribution in [1.82, 2.24) is 4.90 Å². The van der Waals surface area contributed by atoms with Crippen LogP contribution in [0.1, 0.15) is 22.8 Å². The Morgan fingerprint density at radius 1 is 1.42 bits per heavy atom. The molecule has 1 rings (SSSR count). The number of rotatable bonds is 4. The second-order valence-corrected chi connectivity index (χ2v) is 4.55. The first-order chi connectivity index (χ1) is 8.88. The lowest BCUT2D eigenvalue weighted by molar-refractivity contribution is -0.145. The topological polar surface area (TPSA) is 46.6 Å². The van der Waals surface area contributed by atoms with Gasteiger partial charge in [0.25, 0.3) is 5.91 Å². The van der Waals surface area contributed by atoms with Crippen LogP contribution in [0.5, 0.6) is 0 Å². The van der Waals surface area contributed by atoms with E-state index in [2.05, 4.69) is 4.74 Å². The van der Waals surface area contributed by atoms with Crippen molar-refractivity contribution < 1.29 is 18.7 Å². The maximum atomic E-state index is 13.8. The van der Waals surface area contributed by atoms with Crippen molar-refractivity contribution in [2.75, 3.05) is 20.7 Å². The van der Waals surface area contributed by atoms with Crippen molar-refractivity contribution in [3.63, 3.8) is 0 Å². The smallest absolute Gasteiger partial charge is 0.310 e. The summed E-state index contributed by atoms with van der Waals surface area (Å²) in [4.78, 5) is 24.7. The van der Waals surface area contributed by atoms with E-state index in [0.29, 0.717) is 5.56 Å². The van der Waals surface area contributed by atoms with Gasteiger partial charge in [-0.15, -0.1) is 0 Å². The number of benzene rings is 1. The van der Waals surface area contributed by atoms with Crippen molar-refractivity contribution in [2.45, 2.75) is 13.8 Å². The molecule has 0 N–H and O–H groups in total. The Morgan fingerprint density at radius 3 is 2.63 bits per heavy atom. The number of hydrogen-bond acceptors (Lipinski definition) is 3. The summed E-state index contributed by atoms with van der Waals surface area (Å²) in [6.45, 7) is 3.43. The lowest BCUT2D eigenvalue weighted by atomic mass is 10.1. The van der Waals surface area contributed by atoms with E-state index in [1.54, 1.807) is 26.0 Å². The van der Waals surface area contributed by atoms with Crippen LogP contribution in [0.25, 0.3) is 0 Å². The average Bonchev–Trinajstić information content (AvgIpc) is 2.39. The van der Waals surface area contributed by atoms with Gasteiger partial charge in [-0.2, -0.15) is 0 Å². The molecule has 1 amide bonds. The fraction of sp³-hybridized carbons (Fsp3) is 0.429. The van der Waals surface area contributed by atoms with Crippen molar-refractivity contribution >= 4 is 11.9 Å². The van der Waals surface area contributed by atoms with E-state index >= 15 is 0 Å². The van der Waals surface area contributed by atoms with E-state index in [9.17, 15) is 14.0 Å². The molecule has 0 radical (unpaired) electrons. The Morgan fingerprint density at radius 2 is 2.05 bits per heavy atom. The van der Waals surface area contributed by atoms with Gasteiger partial charge in [-0.1, -0.05) is 19.1 Å². The quantitative estimate of drug-likeness (QED) is 0.784. The van der Waals surface area contributed by atoms with Gasteiger partial charge in [0.1, 0.15) is 5.82 Å². The third kappa shape index (κ3) is 3.53. The predicted molar refractivity (Wildman–Crippen MR) is 69.3 cm³/mol. The molecule has 0 saturated carbocycles. The summed E-state index contributed by atoms with van der Waals surface area (Å²) in [6.07, 6.45) is 0. The first kappa shape index (κ1) is 15.1. The summed E-state index contributed by atoms with van der Waals surface area (Å²) in [5.41, 5.74) is 0.430. The van der Waals surface area contributed by atoms with Gasteiger partial charge in [-0.05, 0) is 18.6 Å². The molecule has 4 nitrogen and oxygen atoms in total. The second kappa shape index (κ2) is 6.31. The highest BCUT2D eigenvalue weighted by molar-refractivity contribution is 5.94. The van der Waals surface area contributed by atoms with E-state index in [1.165, 1.54) is 25.1 Å². The highest BCUT2D eigenvalue weighted by Crippen LogP contribution is 2.14. The molecule has 5 heteroatoms. The number of amides is 1. The molecule has 0 spiro atoms. The van der Waals surface area contributed by atoms with Gasteiger partial charge in [0.15, 0.2) is 0 Å². The van der Waals surface area contributed by atoms with Crippen LogP contribution in [0.2, 0.25) is 0 Å². The number of esters is 1. The molecule has 0 aliphatic heterocycles. The van der Waals surface area contributed by atoms with Gasteiger partial charge in [0.2, 0.25) is 0 Å². The summed E-state index contributed by atoms with van der Waals surface area (Å²) in [5, 5.41) is 0. The molecule has 1 aromatic rings. The monoisotopic (exact) mass is 267 g/mol. The molecule has 0 aromatic heterocycles. The second-order valence-electron chi connectivity index (χ2n) is 4.55. The lowest BCUT2D eigenvalue weighted by Crippen LogP contribution is -2.34. The summed E-state index contributed by atoms with van der Waals surface area (Å²) in [5.74, 6) is -1.82. The summed E-state index contributed by atoms with van der Waals surface area (Å²) < 4.78 is 18.4. The van der Waals surface area contributed by atoms with Crippen LogP contribution < -0.4 is 0 Å². The fourth-order valence-corrected chi connectivity index (χ4v) is 1.79. The number of aryl methyl sites for hydroxylation is 1. The standard InChI is InChI=1S/C14H18FNO3/c1-9-6-5-7-11(12(9)15)13(17)16(3)8-10(2)14(18)19-4/h5-7,10H,8H2,1-4H3. The molecule has 0 aliphatic rings. The SMILES string of the molecule is COC(=O)C(C)CN(C)C(=O)c1cccc(C)c1F. The van der Waals surface area contributed by atoms with Gasteiger partial charge in [0.05, 0.1) is 18.6 Å². The number of hydrogen-bond donors (Lipinski definition) is 0. The minimum absolute atomic E-state index is 0.0135. The van der Waals surface area contributed by atoms with Crippen LogP contribution in [0.3, 0.4) is 0 Å². The van der Waals surface area contributed by atoms with E-state index < -0.39 is 23.6 Å². The minimum Gasteiger partial charge on any atom is -0.469 e. The molecular formula is C14H18FNO3. The Kier molecular flexibility index (Phi) is 5.03.